The fraction of sp³-hybridized carbons (Fsp3) is 0.467. The molecule has 0 aliphatic rings. The number of hydrogen-bond donors (Lipinski definition) is 2. The maximum absolute atomic E-state index is 12.0. The van der Waals surface area contributed by atoms with Gasteiger partial charge in [-0.15, -0.1) is 0 Å². The highest BCUT2D eigenvalue weighted by atomic mass is 16.6. The molecule has 24 heavy (non-hydrogen) atoms. The maximum atomic E-state index is 12.0. The third-order valence-electron chi connectivity index (χ3n) is 2.90. The summed E-state index contributed by atoms with van der Waals surface area (Å²) in [7, 11) is 1.05. The summed E-state index contributed by atoms with van der Waals surface area (Å²) in [6.07, 6.45) is -2.78. The summed E-state index contributed by atoms with van der Waals surface area (Å²) in [5, 5.41) is 23.6. The van der Waals surface area contributed by atoms with Crippen LogP contribution in [0.15, 0.2) is 24.3 Å². The normalized spacial score (nSPS) is 13.5. The van der Waals surface area contributed by atoms with Crippen LogP contribution in [-0.4, -0.2) is 40.9 Å². The number of methoxy groups -OCH3 is 1. The Hall–Kier alpha value is -2.68. The number of carbonyl (C=O) groups is 2. The minimum absolute atomic E-state index is 0.0498. The molecule has 2 N–H and O–H groups in total. The van der Waals surface area contributed by atoms with Gasteiger partial charge in [-0.2, -0.15) is 0 Å². The highest BCUT2D eigenvalue weighted by Crippen LogP contribution is 2.28. The van der Waals surface area contributed by atoms with Crippen LogP contribution in [0, 0.1) is 10.1 Å². The van der Waals surface area contributed by atoms with Crippen molar-refractivity contribution >= 4 is 17.7 Å². The Morgan fingerprint density at radius 1 is 1.29 bits per heavy atom. The molecule has 0 fully saturated rings. The molecule has 2 atom stereocenters. The molecule has 0 unspecified atom stereocenters. The lowest BCUT2D eigenvalue weighted by Gasteiger charge is -2.25. The average molecular weight is 340 g/mol. The maximum Gasteiger partial charge on any atom is 0.408 e. The van der Waals surface area contributed by atoms with Crippen LogP contribution >= 0.6 is 0 Å². The molecule has 9 nitrogen and oxygen atoms in total. The first-order valence-corrected chi connectivity index (χ1v) is 7.05. The number of para-hydroxylation sites is 1. The van der Waals surface area contributed by atoms with Crippen molar-refractivity contribution in [3.05, 3.63) is 39.9 Å². The lowest BCUT2D eigenvalue weighted by atomic mass is 9.99. The largest absolute Gasteiger partial charge is 0.467 e. The van der Waals surface area contributed by atoms with Gasteiger partial charge < -0.3 is 19.9 Å². The van der Waals surface area contributed by atoms with Gasteiger partial charge in [-0.05, 0) is 26.8 Å². The number of aliphatic hydroxyl groups excluding tert-OH is 1. The van der Waals surface area contributed by atoms with Crippen molar-refractivity contribution in [3.8, 4) is 0 Å². The Balaban J connectivity index is 3.23. The molecule has 0 aliphatic heterocycles. The van der Waals surface area contributed by atoms with Gasteiger partial charge in [0, 0.05) is 6.07 Å². The molecule has 0 saturated heterocycles. The van der Waals surface area contributed by atoms with Crippen LogP contribution in [-0.2, 0) is 14.3 Å². The summed E-state index contributed by atoms with van der Waals surface area (Å²) in [4.78, 5) is 34.1. The fourth-order valence-electron chi connectivity index (χ4n) is 1.93. The molecule has 1 aromatic carbocycles. The summed E-state index contributed by atoms with van der Waals surface area (Å²) in [5.41, 5.74) is -1.24. The molecule has 0 bridgehead atoms. The molecule has 0 saturated carbocycles. The number of nitro benzene ring substituents is 1. The predicted octanol–water partition coefficient (Wildman–Crippen LogP) is 1.69. The molecular weight excluding hydrogens is 320 g/mol. The monoisotopic (exact) mass is 340 g/mol. The number of esters is 1. The number of rotatable bonds is 5. The summed E-state index contributed by atoms with van der Waals surface area (Å²) in [5.74, 6) is -1.05. The number of carbonyl (C=O) groups excluding carboxylic acids is 2. The van der Waals surface area contributed by atoms with E-state index in [0.717, 1.165) is 7.11 Å². The van der Waals surface area contributed by atoms with Crippen molar-refractivity contribution in [1.29, 1.82) is 0 Å². The Kier molecular flexibility index (Phi) is 6.24. The zero-order valence-corrected chi connectivity index (χ0v) is 13.8. The summed E-state index contributed by atoms with van der Waals surface area (Å²) in [6, 6.07) is 4.02. The van der Waals surface area contributed by atoms with Gasteiger partial charge in [0.15, 0.2) is 6.10 Å². The molecule has 1 rings (SSSR count). The molecule has 9 heteroatoms. The van der Waals surface area contributed by atoms with Crippen LogP contribution in [0.5, 0.6) is 0 Å². The van der Waals surface area contributed by atoms with E-state index < -0.39 is 34.7 Å². The van der Waals surface area contributed by atoms with E-state index in [2.05, 4.69) is 10.1 Å². The summed E-state index contributed by atoms with van der Waals surface area (Å²) >= 11 is 0. The highest BCUT2D eigenvalue weighted by Gasteiger charge is 2.35. The first-order valence-electron chi connectivity index (χ1n) is 7.05. The number of benzene rings is 1. The fourth-order valence-corrected chi connectivity index (χ4v) is 1.93. The Labute approximate surface area is 138 Å². The molecule has 132 valence electrons. The molecule has 0 radical (unpaired) electrons. The van der Waals surface area contributed by atoms with Crippen molar-refractivity contribution in [2.75, 3.05) is 7.11 Å². The lowest BCUT2D eigenvalue weighted by Crippen LogP contribution is -2.43. The van der Waals surface area contributed by atoms with E-state index in [1.807, 2.05) is 0 Å². The van der Waals surface area contributed by atoms with Crippen LogP contribution in [0.25, 0.3) is 0 Å². The van der Waals surface area contributed by atoms with Gasteiger partial charge in [0.1, 0.15) is 11.6 Å². The van der Waals surface area contributed by atoms with Crippen LogP contribution < -0.4 is 5.32 Å². The van der Waals surface area contributed by atoms with Crippen molar-refractivity contribution in [3.63, 3.8) is 0 Å². The Morgan fingerprint density at radius 2 is 1.88 bits per heavy atom. The van der Waals surface area contributed by atoms with E-state index in [1.54, 1.807) is 20.8 Å². The zero-order chi connectivity index (χ0) is 18.5. The van der Waals surface area contributed by atoms with E-state index in [-0.39, 0.29) is 11.3 Å². The number of nitrogens with one attached hydrogen (secondary N) is 1. The van der Waals surface area contributed by atoms with Crippen LogP contribution in [0.3, 0.4) is 0 Å². The number of hydrogen-bond acceptors (Lipinski definition) is 7. The topological polar surface area (TPSA) is 128 Å². The van der Waals surface area contributed by atoms with Gasteiger partial charge in [-0.1, -0.05) is 12.1 Å². The van der Waals surface area contributed by atoms with E-state index >= 15 is 0 Å². The molecular formula is C15H20N2O7. The van der Waals surface area contributed by atoms with Gasteiger partial charge >= 0.3 is 12.1 Å². The number of nitrogens with zero attached hydrogens (tertiary/aromatic N) is 1. The lowest BCUT2D eigenvalue weighted by molar-refractivity contribution is -0.385. The van der Waals surface area contributed by atoms with Crippen molar-refractivity contribution < 1.29 is 29.1 Å². The smallest absolute Gasteiger partial charge is 0.408 e. The van der Waals surface area contributed by atoms with Crippen molar-refractivity contribution in [2.24, 2.45) is 0 Å². The molecule has 0 aromatic heterocycles. The number of alkyl carbamates (subject to hydrolysis) is 1. The van der Waals surface area contributed by atoms with E-state index in [9.17, 15) is 24.8 Å². The summed E-state index contributed by atoms with van der Waals surface area (Å²) in [6.45, 7) is 4.88. The molecule has 0 aliphatic carbocycles. The second-order valence-corrected chi connectivity index (χ2v) is 5.91. The minimum Gasteiger partial charge on any atom is -0.467 e. The second-order valence-electron chi connectivity index (χ2n) is 5.91. The predicted molar refractivity (Wildman–Crippen MR) is 83.2 cm³/mol. The van der Waals surface area contributed by atoms with Crippen LogP contribution in [0.1, 0.15) is 32.4 Å². The van der Waals surface area contributed by atoms with Crippen molar-refractivity contribution in [2.45, 2.75) is 38.5 Å². The Morgan fingerprint density at radius 3 is 2.38 bits per heavy atom. The Bertz CT molecular complexity index is 624. The molecule has 0 heterocycles. The third kappa shape index (κ3) is 5.20. The van der Waals surface area contributed by atoms with Gasteiger partial charge in [0.25, 0.3) is 5.69 Å². The first kappa shape index (κ1) is 19.4. The number of aliphatic hydroxyl groups is 1. The van der Waals surface area contributed by atoms with Gasteiger partial charge in [0.05, 0.1) is 17.6 Å². The standard InChI is InChI=1S/C15H20N2O7/c1-15(2,3)24-14(20)16-11(12(18)13(19)23-4)9-7-5-6-8-10(9)17(21)22/h5-8,11-12,18H,1-4H3,(H,16,20)/t11-,12+/m1/s1. The van der Waals surface area contributed by atoms with E-state index in [4.69, 9.17) is 4.74 Å². The van der Waals surface area contributed by atoms with Gasteiger partial charge in [-0.3, -0.25) is 10.1 Å². The molecule has 1 aromatic rings. The average Bonchev–Trinajstić information content (AvgIpc) is 2.49. The number of nitro groups is 1. The second kappa shape index (κ2) is 7.73. The van der Waals surface area contributed by atoms with Gasteiger partial charge in [0.2, 0.25) is 0 Å². The third-order valence-corrected chi connectivity index (χ3v) is 2.90. The number of amides is 1. The molecule has 0 spiro atoms. The van der Waals surface area contributed by atoms with Gasteiger partial charge in [-0.25, -0.2) is 9.59 Å². The summed E-state index contributed by atoms with van der Waals surface area (Å²) < 4.78 is 9.52. The number of ether oxygens (including phenoxy) is 2. The quantitative estimate of drug-likeness (QED) is 0.474. The van der Waals surface area contributed by atoms with E-state index in [0.29, 0.717) is 0 Å². The minimum atomic E-state index is -1.84. The first-order chi connectivity index (χ1) is 11.1. The van der Waals surface area contributed by atoms with Crippen LogP contribution in [0.2, 0.25) is 0 Å². The zero-order valence-electron chi connectivity index (χ0n) is 13.8. The van der Waals surface area contributed by atoms with E-state index in [1.165, 1.54) is 24.3 Å². The highest BCUT2D eigenvalue weighted by molar-refractivity contribution is 5.78. The SMILES string of the molecule is COC(=O)[C@@H](O)[C@H](NC(=O)OC(C)(C)C)c1ccccc1[N+](=O)[O-]. The van der Waals surface area contributed by atoms with Crippen LogP contribution in [0.4, 0.5) is 10.5 Å². The molecule has 1 amide bonds. The van der Waals surface area contributed by atoms with Crippen molar-refractivity contribution in [1.82, 2.24) is 5.32 Å².